The maximum absolute atomic E-state index is 12.7. The maximum atomic E-state index is 12.7. The number of ether oxygens (including phenoxy) is 2. The Hall–Kier alpha value is -3.02. The SMILES string of the molecule is COc1cccc(OC)c1C(=O)Nc1ccc(NCCC2=CCCCC2)nc1. The van der Waals surface area contributed by atoms with Crippen LogP contribution in [-0.2, 0) is 0 Å². The lowest BCUT2D eigenvalue weighted by atomic mass is 9.97. The second-order valence-electron chi connectivity index (χ2n) is 6.71. The molecule has 3 rings (SSSR count). The number of hydrogen-bond acceptors (Lipinski definition) is 5. The quantitative estimate of drug-likeness (QED) is 0.651. The van der Waals surface area contributed by atoms with Crippen LogP contribution in [0.4, 0.5) is 11.5 Å². The summed E-state index contributed by atoms with van der Waals surface area (Å²) in [6.07, 6.45) is 10.1. The first-order valence-corrected chi connectivity index (χ1v) is 9.61. The molecule has 0 fully saturated rings. The van der Waals surface area contributed by atoms with Gasteiger partial charge in [0.05, 0.1) is 26.1 Å². The molecular weight excluding hydrogens is 354 g/mol. The molecule has 6 nitrogen and oxygen atoms in total. The zero-order chi connectivity index (χ0) is 19.8. The lowest BCUT2D eigenvalue weighted by Gasteiger charge is -2.14. The Morgan fingerprint density at radius 1 is 1.11 bits per heavy atom. The van der Waals surface area contributed by atoms with Crippen molar-refractivity contribution in [2.24, 2.45) is 0 Å². The van der Waals surface area contributed by atoms with Crippen LogP contribution in [0.5, 0.6) is 11.5 Å². The van der Waals surface area contributed by atoms with Crippen LogP contribution in [0.3, 0.4) is 0 Å². The van der Waals surface area contributed by atoms with Crippen molar-refractivity contribution in [1.29, 1.82) is 0 Å². The highest BCUT2D eigenvalue weighted by Crippen LogP contribution is 2.29. The Bertz CT molecular complexity index is 809. The standard InChI is InChI=1S/C22H27N3O3/c1-27-18-9-6-10-19(28-2)21(18)22(26)25-17-11-12-20(24-15-17)23-14-13-16-7-4-3-5-8-16/h6-7,9-12,15H,3-5,8,13-14H2,1-2H3,(H,23,24)(H,25,26). The van der Waals surface area contributed by atoms with E-state index in [-0.39, 0.29) is 5.91 Å². The van der Waals surface area contributed by atoms with E-state index in [2.05, 4.69) is 21.7 Å². The molecule has 0 unspecified atom stereocenters. The van der Waals surface area contributed by atoms with Crippen LogP contribution in [0.15, 0.2) is 48.2 Å². The Labute approximate surface area is 166 Å². The van der Waals surface area contributed by atoms with Crippen LogP contribution in [0.25, 0.3) is 0 Å². The van der Waals surface area contributed by atoms with E-state index in [0.717, 1.165) is 18.8 Å². The topological polar surface area (TPSA) is 72.5 Å². The van der Waals surface area contributed by atoms with E-state index in [0.29, 0.717) is 22.7 Å². The molecule has 1 heterocycles. The number of anilines is 2. The molecule has 0 bridgehead atoms. The zero-order valence-corrected chi connectivity index (χ0v) is 16.5. The molecule has 0 radical (unpaired) electrons. The molecule has 0 spiro atoms. The summed E-state index contributed by atoms with van der Waals surface area (Å²) in [5.74, 6) is 1.41. The van der Waals surface area contributed by atoms with E-state index in [4.69, 9.17) is 9.47 Å². The first kappa shape index (κ1) is 19.7. The van der Waals surface area contributed by atoms with Crippen molar-refractivity contribution in [2.75, 3.05) is 31.4 Å². The highest BCUT2D eigenvalue weighted by Gasteiger charge is 2.18. The Morgan fingerprint density at radius 2 is 1.89 bits per heavy atom. The third-order valence-electron chi connectivity index (χ3n) is 4.81. The Morgan fingerprint density at radius 3 is 2.50 bits per heavy atom. The van der Waals surface area contributed by atoms with Crippen LogP contribution in [0.2, 0.25) is 0 Å². The summed E-state index contributed by atoms with van der Waals surface area (Å²) in [5.41, 5.74) is 2.50. The number of carbonyl (C=O) groups excluding carboxylic acids is 1. The molecule has 0 saturated carbocycles. The second kappa shape index (κ2) is 9.78. The fourth-order valence-electron chi connectivity index (χ4n) is 3.32. The smallest absolute Gasteiger partial charge is 0.263 e. The summed E-state index contributed by atoms with van der Waals surface area (Å²) in [6, 6.07) is 8.92. The molecule has 148 valence electrons. The molecule has 0 saturated heterocycles. The van der Waals surface area contributed by atoms with Gasteiger partial charge in [-0.15, -0.1) is 0 Å². The number of allylic oxidation sites excluding steroid dienone is 1. The van der Waals surface area contributed by atoms with Crippen LogP contribution in [0.1, 0.15) is 42.5 Å². The summed E-state index contributed by atoms with van der Waals surface area (Å²) in [7, 11) is 3.05. The van der Waals surface area contributed by atoms with E-state index in [1.54, 1.807) is 24.4 Å². The second-order valence-corrected chi connectivity index (χ2v) is 6.71. The number of amides is 1. The summed E-state index contributed by atoms with van der Waals surface area (Å²) >= 11 is 0. The molecule has 1 aromatic carbocycles. The van der Waals surface area contributed by atoms with Crippen LogP contribution < -0.4 is 20.1 Å². The normalized spacial score (nSPS) is 13.4. The van der Waals surface area contributed by atoms with E-state index in [9.17, 15) is 4.79 Å². The molecule has 2 aromatic rings. The minimum Gasteiger partial charge on any atom is -0.496 e. The van der Waals surface area contributed by atoms with Gasteiger partial charge in [0.2, 0.25) is 0 Å². The molecule has 0 atom stereocenters. The molecule has 6 heteroatoms. The third-order valence-corrected chi connectivity index (χ3v) is 4.81. The number of carbonyl (C=O) groups is 1. The van der Waals surface area contributed by atoms with Gasteiger partial charge in [-0.3, -0.25) is 4.79 Å². The highest BCUT2D eigenvalue weighted by molar-refractivity contribution is 6.08. The number of hydrogen-bond donors (Lipinski definition) is 2. The van der Waals surface area contributed by atoms with Gasteiger partial charge in [-0.05, 0) is 56.4 Å². The average Bonchev–Trinajstić information content (AvgIpc) is 2.75. The molecule has 1 aromatic heterocycles. The summed E-state index contributed by atoms with van der Waals surface area (Å²) < 4.78 is 10.6. The molecular formula is C22H27N3O3. The van der Waals surface area contributed by atoms with Gasteiger partial charge in [-0.25, -0.2) is 4.98 Å². The molecule has 1 aliphatic rings. The third kappa shape index (κ3) is 5.03. The number of benzene rings is 1. The average molecular weight is 381 g/mol. The van der Waals surface area contributed by atoms with E-state index in [1.165, 1.54) is 45.5 Å². The van der Waals surface area contributed by atoms with Gasteiger partial charge in [0.15, 0.2) is 0 Å². The lowest BCUT2D eigenvalue weighted by Crippen LogP contribution is -2.15. The number of aromatic nitrogens is 1. The Kier molecular flexibility index (Phi) is 6.89. The predicted molar refractivity (Wildman–Crippen MR) is 111 cm³/mol. The molecule has 0 aliphatic heterocycles. The molecule has 1 aliphatic carbocycles. The van der Waals surface area contributed by atoms with Crippen LogP contribution >= 0.6 is 0 Å². The van der Waals surface area contributed by atoms with E-state index < -0.39 is 0 Å². The number of pyridine rings is 1. The minimum atomic E-state index is -0.305. The molecule has 1 amide bonds. The number of nitrogens with one attached hydrogen (secondary N) is 2. The molecule has 2 N–H and O–H groups in total. The van der Waals surface area contributed by atoms with Gasteiger partial charge >= 0.3 is 0 Å². The van der Waals surface area contributed by atoms with Crippen molar-refractivity contribution >= 4 is 17.4 Å². The van der Waals surface area contributed by atoms with Gasteiger partial charge in [0.25, 0.3) is 5.91 Å². The fraction of sp³-hybridized carbons (Fsp3) is 0.364. The fourth-order valence-corrected chi connectivity index (χ4v) is 3.32. The van der Waals surface area contributed by atoms with Crippen molar-refractivity contribution in [3.05, 3.63) is 53.7 Å². The first-order valence-electron chi connectivity index (χ1n) is 9.61. The summed E-state index contributed by atoms with van der Waals surface area (Å²) in [6.45, 7) is 0.864. The van der Waals surface area contributed by atoms with E-state index in [1.807, 2.05) is 12.1 Å². The maximum Gasteiger partial charge on any atom is 0.263 e. The first-order chi connectivity index (χ1) is 13.7. The molecule has 28 heavy (non-hydrogen) atoms. The predicted octanol–water partition coefficient (Wildman–Crippen LogP) is 4.65. The van der Waals surface area contributed by atoms with Gasteiger partial charge < -0.3 is 20.1 Å². The van der Waals surface area contributed by atoms with E-state index >= 15 is 0 Å². The summed E-state index contributed by atoms with van der Waals surface area (Å²) in [4.78, 5) is 17.1. The highest BCUT2D eigenvalue weighted by atomic mass is 16.5. The van der Waals surface area contributed by atoms with Gasteiger partial charge in [0.1, 0.15) is 22.9 Å². The minimum absolute atomic E-state index is 0.305. The largest absolute Gasteiger partial charge is 0.496 e. The number of rotatable bonds is 8. The van der Waals surface area contributed by atoms with Crippen molar-refractivity contribution in [1.82, 2.24) is 4.98 Å². The summed E-state index contributed by atoms with van der Waals surface area (Å²) in [5, 5.41) is 6.18. The van der Waals surface area contributed by atoms with Crippen LogP contribution in [-0.4, -0.2) is 31.7 Å². The Balaban J connectivity index is 1.58. The van der Waals surface area contributed by atoms with Crippen molar-refractivity contribution in [3.8, 4) is 11.5 Å². The lowest BCUT2D eigenvalue weighted by molar-refractivity contribution is 0.102. The van der Waals surface area contributed by atoms with Gasteiger partial charge in [-0.1, -0.05) is 17.7 Å². The van der Waals surface area contributed by atoms with Gasteiger partial charge in [-0.2, -0.15) is 0 Å². The van der Waals surface area contributed by atoms with Crippen molar-refractivity contribution < 1.29 is 14.3 Å². The zero-order valence-electron chi connectivity index (χ0n) is 16.5. The van der Waals surface area contributed by atoms with Crippen molar-refractivity contribution in [2.45, 2.75) is 32.1 Å². The van der Waals surface area contributed by atoms with Gasteiger partial charge in [0, 0.05) is 6.54 Å². The van der Waals surface area contributed by atoms with Crippen LogP contribution in [0, 0.1) is 0 Å². The number of methoxy groups -OCH3 is 2. The monoisotopic (exact) mass is 381 g/mol. The number of nitrogens with zero attached hydrogens (tertiary/aromatic N) is 1. The van der Waals surface area contributed by atoms with Crippen molar-refractivity contribution in [3.63, 3.8) is 0 Å².